The largest absolute Gasteiger partial charge is 0.394 e. The molecule has 1 amide bonds. The Hall–Kier alpha value is -3.29. The molecule has 3 heterocycles. The van der Waals surface area contributed by atoms with Gasteiger partial charge in [0.25, 0.3) is 0 Å². The molecule has 0 spiro atoms. The summed E-state index contributed by atoms with van der Waals surface area (Å²) >= 11 is 0. The molecule has 0 aromatic carbocycles. The first kappa shape index (κ1) is 88.9. The monoisotopic (exact) mass is 1390 g/mol. The van der Waals surface area contributed by atoms with E-state index in [-0.39, 0.29) is 18.9 Å². The van der Waals surface area contributed by atoms with Gasteiger partial charge in [-0.1, -0.05) is 272 Å². The third-order valence-electron chi connectivity index (χ3n) is 18.6. The average Bonchev–Trinajstić information content (AvgIpc) is 0.785. The van der Waals surface area contributed by atoms with Crippen molar-refractivity contribution < 1.29 is 89.4 Å². The minimum atomic E-state index is -1.99. The van der Waals surface area contributed by atoms with Crippen LogP contribution in [-0.2, 0) is 33.2 Å². The highest BCUT2D eigenvalue weighted by molar-refractivity contribution is 5.76. The number of carbonyl (C=O) groups is 1. The molecule has 3 fully saturated rings. The Morgan fingerprint density at radius 3 is 1.14 bits per heavy atom. The van der Waals surface area contributed by atoms with Crippen molar-refractivity contribution in [2.24, 2.45) is 0 Å². The van der Waals surface area contributed by atoms with Crippen molar-refractivity contribution in [1.82, 2.24) is 5.32 Å². The molecule has 19 nitrogen and oxygen atoms in total. The second-order valence-corrected chi connectivity index (χ2v) is 27.1. The Labute approximate surface area is 590 Å². The maximum absolute atomic E-state index is 13.4. The van der Waals surface area contributed by atoms with Crippen LogP contribution in [0.4, 0.5) is 0 Å². The number of aliphatic hydroxyl groups excluding tert-OH is 11. The summed E-state index contributed by atoms with van der Waals surface area (Å²) in [5.74, 6) is -0.311. The Kier molecular flexibility index (Phi) is 53.7. The second kappa shape index (κ2) is 59.1. The van der Waals surface area contributed by atoms with E-state index in [1.54, 1.807) is 6.08 Å². The van der Waals surface area contributed by atoms with Crippen molar-refractivity contribution in [3.05, 3.63) is 97.2 Å². The van der Waals surface area contributed by atoms with E-state index in [1.807, 2.05) is 6.08 Å². The van der Waals surface area contributed by atoms with Gasteiger partial charge in [-0.15, -0.1) is 0 Å². The zero-order valence-corrected chi connectivity index (χ0v) is 60.2. The van der Waals surface area contributed by atoms with Crippen LogP contribution >= 0.6 is 0 Å². The molecular formula is C79H137NO18. The van der Waals surface area contributed by atoms with E-state index >= 15 is 0 Å². The van der Waals surface area contributed by atoms with Crippen LogP contribution < -0.4 is 5.32 Å². The fourth-order valence-corrected chi connectivity index (χ4v) is 12.4. The molecule has 0 aliphatic carbocycles. The fourth-order valence-electron chi connectivity index (χ4n) is 12.4. The predicted molar refractivity (Wildman–Crippen MR) is 387 cm³/mol. The SMILES string of the molecule is CC/C=C\C/C=C\C/C=C\C/C=C\C/C=C\C/C=C\CCCCCCC(=O)NC(COC1OC(CO)C(OC2OC(CO)C(OC3OC(CO)C(O)C(O)C3O)C(O)C2O)C(O)C1O)C(O)/C=C/CC/C=C/CCCCCCCCCCCCCCCCCCCCCCCCCC. The van der Waals surface area contributed by atoms with Gasteiger partial charge in [-0.05, 0) is 83.5 Å². The van der Waals surface area contributed by atoms with Crippen LogP contribution in [0.25, 0.3) is 0 Å². The van der Waals surface area contributed by atoms with Crippen LogP contribution in [-0.4, -0.2) is 193 Å². The van der Waals surface area contributed by atoms with Gasteiger partial charge in [-0.3, -0.25) is 4.79 Å². The highest BCUT2D eigenvalue weighted by Gasteiger charge is 2.53. The lowest BCUT2D eigenvalue weighted by molar-refractivity contribution is -0.379. The molecule has 3 aliphatic heterocycles. The molecule has 3 saturated heterocycles. The maximum atomic E-state index is 13.4. The fraction of sp³-hybridized carbons (Fsp3) is 0.785. The molecule has 0 aromatic rings. The van der Waals surface area contributed by atoms with Crippen LogP contribution in [0.2, 0.25) is 0 Å². The number of nitrogens with one attached hydrogen (secondary N) is 1. The summed E-state index contributed by atoms with van der Waals surface area (Å²) in [6.07, 6.45) is 52.5. The first-order valence-electron chi connectivity index (χ1n) is 38.5. The average molecular weight is 1390 g/mol. The quantitative estimate of drug-likeness (QED) is 0.0199. The van der Waals surface area contributed by atoms with Crippen molar-refractivity contribution in [2.45, 2.75) is 369 Å². The van der Waals surface area contributed by atoms with Crippen molar-refractivity contribution in [3.63, 3.8) is 0 Å². The van der Waals surface area contributed by atoms with E-state index in [0.29, 0.717) is 12.8 Å². The van der Waals surface area contributed by atoms with E-state index in [9.17, 15) is 61.0 Å². The Morgan fingerprint density at radius 2 is 0.714 bits per heavy atom. The second-order valence-electron chi connectivity index (χ2n) is 27.1. The lowest BCUT2D eigenvalue weighted by Gasteiger charge is -2.48. The van der Waals surface area contributed by atoms with Gasteiger partial charge in [-0.25, -0.2) is 0 Å². The summed E-state index contributed by atoms with van der Waals surface area (Å²) in [6, 6.07) is -1.01. The van der Waals surface area contributed by atoms with Gasteiger partial charge >= 0.3 is 0 Å². The summed E-state index contributed by atoms with van der Waals surface area (Å²) in [5.41, 5.74) is 0. The molecule has 17 unspecified atom stereocenters. The molecule has 3 rings (SSSR count). The van der Waals surface area contributed by atoms with E-state index in [2.05, 4.69) is 104 Å². The van der Waals surface area contributed by atoms with Gasteiger partial charge in [0.1, 0.15) is 73.2 Å². The van der Waals surface area contributed by atoms with Crippen LogP contribution in [0.3, 0.4) is 0 Å². The minimum Gasteiger partial charge on any atom is -0.394 e. The van der Waals surface area contributed by atoms with Crippen molar-refractivity contribution >= 4 is 5.91 Å². The number of hydrogen-bond acceptors (Lipinski definition) is 18. The molecular weight excluding hydrogens is 1250 g/mol. The van der Waals surface area contributed by atoms with Gasteiger partial charge in [0.2, 0.25) is 5.91 Å². The van der Waals surface area contributed by atoms with Crippen LogP contribution in [0.1, 0.15) is 264 Å². The Bertz CT molecular complexity index is 2150. The highest BCUT2D eigenvalue weighted by Crippen LogP contribution is 2.33. The Morgan fingerprint density at radius 1 is 0.378 bits per heavy atom. The molecule has 0 radical (unpaired) electrons. The zero-order chi connectivity index (χ0) is 71.1. The number of rotatable bonds is 59. The van der Waals surface area contributed by atoms with E-state index < -0.39 is 124 Å². The van der Waals surface area contributed by atoms with Gasteiger partial charge in [0.15, 0.2) is 18.9 Å². The number of unbranched alkanes of at least 4 members (excludes halogenated alkanes) is 29. The van der Waals surface area contributed by atoms with Crippen molar-refractivity contribution in [3.8, 4) is 0 Å². The molecule has 19 heteroatoms. The van der Waals surface area contributed by atoms with Crippen LogP contribution in [0.5, 0.6) is 0 Å². The summed E-state index contributed by atoms with van der Waals surface area (Å²) in [7, 11) is 0. The normalized spacial score (nSPS) is 27.3. The van der Waals surface area contributed by atoms with E-state index in [4.69, 9.17) is 28.4 Å². The van der Waals surface area contributed by atoms with Crippen LogP contribution in [0.15, 0.2) is 97.2 Å². The third kappa shape index (κ3) is 39.4. The van der Waals surface area contributed by atoms with E-state index in [0.717, 1.165) is 83.5 Å². The number of allylic oxidation sites excluding steroid dienone is 15. The summed E-state index contributed by atoms with van der Waals surface area (Å²) in [5, 5.41) is 121. The Balaban J connectivity index is 1.42. The molecule has 98 heavy (non-hydrogen) atoms. The van der Waals surface area contributed by atoms with Crippen LogP contribution in [0, 0.1) is 0 Å². The summed E-state index contributed by atoms with van der Waals surface area (Å²) < 4.78 is 34.4. The predicted octanol–water partition coefficient (Wildman–Crippen LogP) is 12.0. The molecule has 17 atom stereocenters. The minimum absolute atomic E-state index is 0.200. The number of ether oxygens (including phenoxy) is 6. The van der Waals surface area contributed by atoms with Gasteiger partial charge in [0, 0.05) is 6.42 Å². The van der Waals surface area contributed by atoms with Gasteiger partial charge < -0.3 is 89.9 Å². The number of amides is 1. The number of carbonyl (C=O) groups excluding carboxylic acids is 1. The number of aliphatic hydroxyl groups is 11. The summed E-state index contributed by atoms with van der Waals surface area (Å²) in [4.78, 5) is 13.4. The first-order chi connectivity index (χ1) is 47.8. The smallest absolute Gasteiger partial charge is 0.220 e. The van der Waals surface area contributed by atoms with Crippen molar-refractivity contribution in [2.75, 3.05) is 26.4 Å². The number of hydrogen-bond donors (Lipinski definition) is 12. The first-order valence-corrected chi connectivity index (χ1v) is 38.5. The summed E-state index contributed by atoms with van der Waals surface area (Å²) in [6.45, 7) is 1.60. The van der Waals surface area contributed by atoms with Gasteiger partial charge in [0.05, 0.1) is 38.6 Å². The molecule has 0 saturated carbocycles. The maximum Gasteiger partial charge on any atom is 0.220 e. The lowest BCUT2D eigenvalue weighted by Crippen LogP contribution is -2.66. The molecule has 3 aliphatic rings. The molecule has 566 valence electrons. The molecule has 12 N–H and O–H groups in total. The topological polar surface area (TPSA) is 307 Å². The van der Waals surface area contributed by atoms with E-state index in [1.165, 1.54) is 148 Å². The third-order valence-corrected chi connectivity index (χ3v) is 18.6. The highest BCUT2D eigenvalue weighted by atomic mass is 16.8. The lowest BCUT2D eigenvalue weighted by atomic mass is 9.96. The molecule has 0 aromatic heterocycles. The van der Waals surface area contributed by atoms with Crippen molar-refractivity contribution in [1.29, 1.82) is 0 Å². The standard InChI is InChI=1S/C79H137NO18/c1-3-5-7-9-11-13-15-17-19-21-23-25-27-28-29-30-31-32-33-35-36-38-40-42-44-46-48-50-52-54-56-63(84)62(80-67(85)57-55-53-51-49-47-45-43-41-39-37-34-26-24-22-20-18-16-14-12-10-8-6-4-2)61-93-77-73(91)70(88)75(65(59-82)95-77)98-79-74(92)71(89)76(66(60-83)96-79)97-78-72(90)69(87)68(86)64(58-81)94-78/h6,8,12,14,18,20,24,26,37,39,43,45-46,48,54,56,62-66,68-79,81-84,86-92H,3-5,7,9-11,13,15-17,19,21-23,25,27-36,38,40-42,44,47,49-53,55,57-61H2,1-2H3,(H,80,85)/b8-6-,14-12-,20-18-,26-24-,39-37-,45-43-,48-46+,56-54+. The zero-order valence-electron chi connectivity index (χ0n) is 60.2. The molecule has 0 bridgehead atoms. The van der Waals surface area contributed by atoms with Gasteiger partial charge in [-0.2, -0.15) is 0 Å².